The lowest BCUT2D eigenvalue weighted by Crippen LogP contribution is -2.01. The normalized spacial score (nSPS) is 10.6. The van der Waals surface area contributed by atoms with Crippen LogP contribution in [0.1, 0.15) is 10.7 Å². The van der Waals surface area contributed by atoms with Crippen LogP contribution in [0.3, 0.4) is 0 Å². The lowest BCUT2D eigenvalue weighted by Gasteiger charge is -2.09. The van der Waals surface area contributed by atoms with Gasteiger partial charge in [-0.15, -0.1) is 11.3 Å². The summed E-state index contributed by atoms with van der Waals surface area (Å²) in [6.45, 7) is 2.45. The molecule has 0 bridgehead atoms. The molecule has 0 aliphatic carbocycles. The number of benzene rings is 1. The van der Waals surface area contributed by atoms with Gasteiger partial charge in [0.25, 0.3) is 0 Å². The first kappa shape index (κ1) is 12.6. The molecule has 0 fully saturated rings. The number of anilines is 1. The minimum absolute atomic E-state index is 0.266. The van der Waals surface area contributed by atoms with Crippen LogP contribution in [-0.2, 0) is 6.54 Å². The number of hydrogen-bond acceptors (Lipinski definition) is 3. The Morgan fingerprint density at radius 2 is 2.00 bits per heavy atom. The molecule has 6 heteroatoms. The monoisotopic (exact) mass is 290 g/mol. The molecule has 0 spiro atoms. The Hall–Kier alpha value is -0.840. The van der Waals surface area contributed by atoms with Gasteiger partial charge in [0.05, 0.1) is 33.0 Å². The van der Waals surface area contributed by atoms with Crippen molar-refractivity contribution < 1.29 is 4.39 Å². The second-order valence-corrected chi connectivity index (χ2v) is 5.33. The van der Waals surface area contributed by atoms with Gasteiger partial charge in [-0.3, -0.25) is 0 Å². The molecule has 1 aromatic heterocycles. The van der Waals surface area contributed by atoms with Gasteiger partial charge in [0.1, 0.15) is 5.82 Å². The Morgan fingerprint density at radius 1 is 1.35 bits per heavy atom. The van der Waals surface area contributed by atoms with E-state index in [0.717, 1.165) is 10.7 Å². The van der Waals surface area contributed by atoms with Crippen molar-refractivity contribution in [2.75, 3.05) is 5.32 Å². The van der Waals surface area contributed by atoms with Gasteiger partial charge in [-0.25, -0.2) is 9.37 Å². The van der Waals surface area contributed by atoms with E-state index in [9.17, 15) is 4.39 Å². The van der Waals surface area contributed by atoms with Crippen molar-refractivity contribution in [2.45, 2.75) is 13.5 Å². The van der Waals surface area contributed by atoms with Crippen molar-refractivity contribution in [1.82, 2.24) is 4.98 Å². The summed E-state index contributed by atoms with van der Waals surface area (Å²) in [5.74, 6) is -0.449. The first-order valence-electron chi connectivity index (χ1n) is 4.85. The molecule has 2 rings (SSSR count). The highest BCUT2D eigenvalue weighted by molar-refractivity contribution is 7.09. The van der Waals surface area contributed by atoms with E-state index in [1.807, 2.05) is 12.3 Å². The van der Waals surface area contributed by atoms with Gasteiger partial charge in [-0.2, -0.15) is 0 Å². The van der Waals surface area contributed by atoms with Crippen LogP contribution in [-0.4, -0.2) is 4.98 Å². The molecule has 0 saturated heterocycles. The van der Waals surface area contributed by atoms with E-state index in [1.165, 1.54) is 12.1 Å². The van der Waals surface area contributed by atoms with Crippen LogP contribution in [0.15, 0.2) is 17.5 Å². The molecule has 2 nitrogen and oxygen atoms in total. The molecule has 90 valence electrons. The van der Waals surface area contributed by atoms with Crippen molar-refractivity contribution in [2.24, 2.45) is 0 Å². The van der Waals surface area contributed by atoms with E-state index < -0.39 is 5.82 Å². The topological polar surface area (TPSA) is 24.9 Å². The smallest absolute Gasteiger partial charge is 0.126 e. The fourth-order valence-corrected chi connectivity index (χ4v) is 2.59. The second kappa shape index (κ2) is 5.21. The van der Waals surface area contributed by atoms with Crippen LogP contribution in [0, 0.1) is 12.7 Å². The van der Waals surface area contributed by atoms with Crippen LogP contribution in [0.5, 0.6) is 0 Å². The standard InChI is InChI=1S/C11H9Cl2FN2S/c1-6-16-8(5-17-6)4-15-11-9(12)2-7(14)3-10(11)13/h2-3,5,15H,4H2,1H3. The van der Waals surface area contributed by atoms with E-state index in [4.69, 9.17) is 23.2 Å². The summed E-state index contributed by atoms with van der Waals surface area (Å²) in [7, 11) is 0. The predicted molar refractivity (Wildman–Crippen MR) is 70.6 cm³/mol. The van der Waals surface area contributed by atoms with Gasteiger partial charge in [-0.05, 0) is 19.1 Å². The maximum Gasteiger partial charge on any atom is 0.126 e. The third-order valence-electron chi connectivity index (χ3n) is 2.12. The minimum Gasteiger partial charge on any atom is -0.377 e. The van der Waals surface area contributed by atoms with Gasteiger partial charge in [0, 0.05) is 5.38 Å². The summed E-state index contributed by atoms with van der Waals surface area (Å²) < 4.78 is 13.0. The van der Waals surface area contributed by atoms with Gasteiger partial charge >= 0.3 is 0 Å². The van der Waals surface area contributed by atoms with E-state index in [0.29, 0.717) is 12.2 Å². The predicted octanol–water partition coefficient (Wildman–Crippen LogP) is 4.51. The number of rotatable bonds is 3. The number of halogens is 3. The van der Waals surface area contributed by atoms with Crippen molar-refractivity contribution in [3.05, 3.63) is 44.1 Å². The molecule has 2 aromatic rings. The highest BCUT2D eigenvalue weighted by Gasteiger charge is 2.08. The molecule has 0 atom stereocenters. The maximum absolute atomic E-state index is 13.0. The Kier molecular flexibility index (Phi) is 3.86. The van der Waals surface area contributed by atoms with Gasteiger partial charge < -0.3 is 5.32 Å². The van der Waals surface area contributed by atoms with Crippen LogP contribution >= 0.6 is 34.5 Å². The summed E-state index contributed by atoms with van der Waals surface area (Å²) in [6, 6.07) is 2.45. The second-order valence-electron chi connectivity index (χ2n) is 3.46. The van der Waals surface area contributed by atoms with Gasteiger partial charge in [0.15, 0.2) is 0 Å². The van der Waals surface area contributed by atoms with E-state index in [1.54, 1.807) is 11.3 Å². The third-order valence-corrected chi connectivity index (χ3v) is 3.54. The van der Waals surface area contributed by atoms with E-state index >= 15 is 0 Å². The summed E-state index contributed by atoms with van der Waals surface area (Å²) in [5.41, 5.74) is 1.43. The molecule has 1 N–H and O–H groups in total. The molecule has 0 aliphatic heterocycles. The van der Waals surface area contributed by atoms with Crippen LogP contribution < -0.4 is 5.32 Å². The Morgan fingerprint density at radius 3 is 2.53 bits per heavy atom. The lowest BCUT2D eigenvalue weighted by atomic mass is 10.3. The Labute approximate surface area is 112 Å². The first-order chi connectivity index (χ1) is 8.06. The quantitative estimate of drug-likeness (QED) is 0.900. The molecule has 0 radical (unpaired) electrons. The zero-order chi connectivity index (χ0) is 12.4. The number of hydrogen-bond donors (Lipinski definition) is 1. The SMILES string of the molecule is Cc1nc(CNc2c(Cl)cc(F)cc2Cl)cs1. The number of thiazole rings is 1. The first-order valence-corrected chi connectivity index (χ1v) is 6.49. The molecule has 17 heavy (non-hydrogen) atoms. The lowest BCUT2D eigenvalue weighted by molar-refractivity contribution is 0.628. The van der Waals surface area contributed by atoms with Gasteiger partial charge in [-0.1, -0.05) is 23.2 Å². The fraction of sp³-hybridized carbons (Fsp3) is 0.182. The highest BCUT2D eigenvalue weighted by Crippen LogP contribution is 2.31. The molecular formula is C11H9Cl2FN2S. The van der Waals surface area contributed by atoms with Crippen molar-refractivity contribution in [3.63, 3.8) is 0 Å². The Balaban J connectivity index is 2.14. The fourth-order valence-electron chi connectivity index (χ4n) is 1.38. The summed E-state index contributed by atoms with van der Waals surface area (Å²) >= 11 is 13.4. The third kappa shape index (κ3) is 3.09. The zero-order valence-corrected chi connectivity index (χ0v) is 11.3. The van der Waals surface area contributed by atoms with Crippen LogP contribution in [0.25, 0.3) is 0 Å². The number of nitrogens with zero attached hydrogens (tertiary/aromatic N) is 1. The van der Waals surface area contributed by atoms with Crippen LogP contribution in [0.4, 0.5) is 10.1 Å². The van der Waals surface area contributed by atoms with Crippen molar-refractivity contribution >= 4 is 40.2 Å². The zero-order valence-electron chi connectivity index (χ0n) is 8.93. The maximum atomic E-state index is 13.0. The molecule has 0 aliphatic rings. The average molecular weight is 291 g/mol. The molecular weight excluding hydrogens is 282 g/mol. The van der Waals surface area contributed by atoms with Gasteiger partial charge in [0.2, 0.25) is 0 Å². The molecule has 1 aromatic carbocycles. The van der Waals surface area contributed by atoms with E-state index in [-0.39, 0.29) is 10.0 Å². The summed E-state index contributed by atoms with van der Waals surface area (Å²) in [6.07, 6.45) is 0. The van der Waals surface area contributed by atoms with Crippen molar-refractivity contribution in [3.8, 4) is 0 Å². The minimum atomic E-state index is -0.449. The van der Waals surface area contributed by atoms with Crippen LogP contribution in [0.2, 0.25) is 10.0 Å². The summed E-state index contributed by atoms with van der Waals surface area (Å²) in [4.78, 5) is 4.30. The molecule has 0 unspecified atom stereocenters. The molecule has 0 saturated carbocycles. The number of aromatic nitrogens is 1. The van der Waals surface area contributed by atoms with E-state index in [2.05, 4.69) is 10.3 Å². The largest absolute Gasteiger partial charge is 0.377 e. The number of aryl methyl sites for hydroxylation is 1. The number of nitrogens with one attached hydrogen (secondary N) is 1. The van der Waals surface area contributed by atoms with Crippen molar-refractivity contribution in [1.29, 1.82) is 0 Å². The Bertz CT molecular complexity index is 519. The molecule has 0 amide bonds. The average Bonchev–Trinajstić information content (AvgIpc) is 2.62. The highest BCUT2D eigenvalue weighted by atomic mass is 35.5. The molecule has 1 heterocycles. The summed E-state index contributed by atoms with van der Waals surface area (Å²) in [5, 5.41) is 6.53.